The zero-order valence-corrected chi connectivity index (χ0v) is 20.3. The summed E-state index contributed by atoms with van der Waals surface area (Å²) in [5.74, 6) is 2.84. The van der Waals surface area contributed by atoms with Crippen molar-refractivity contribution in [2.45, 2.75) is 18.9 Å². The lowest BCUT2D eigenvalue weighted by Crippen LogP contribution is -2.41. The van der Waals surface area contributed by atoms with Crippen LogP contribution in [0, 0.1) is 0 Å². The highest BCUT2D eigenvalue weighted by molar-refractivity contribution is 5.92. The molecule has 3 N–H and O–H groups in total. The molecule has 0 aliphatic carbocycles. The number of hydrogen-bond donors (Lipinski definition) is 2. The highest BCUT2D eigenvalue weighted by Crippen LogP contribution is 2.39. The van der Waals surface area contributed by atoms with Crippen molar-refractivity contribution in [3.63, 3.8) is 0 Å². The van der Waals surface area contributed by atoms with E-state index < -0.39 is 6.04 Å². The lowest BCUT2D eigenvalue weighted by atomic mass is 10.2. The second-order valence-corrected chi connectivity index (χ2v) is 8.32. The molecule has 1 aliphatic heterocycles. The predicted octanol–water partition coefficient (Wildman–Crippen LogP) is 3.04. The summed E-state index contributed by atoms with van der Waals surface area (Å²) in [5.41, 5.74) is 7.16. The van der Waals surface area contributed by atoms with Gasteiger partial charge in [0.1, 0.15) is 24.0 Å². The van der Waals surface area contributed by atoms with E-state index >= 15 is 0 Å². The lowest BCUT2D eigenvalue weighted by molar-refractivity contribution is -0.119. The second-order valence-electron chi connectivity index (χ2n) is 8.32. The van der Waals surface area contributed by atoms with Gasteiger partial charge >= 0.3 is 0 Å². The van der Waals surface area contributed by atoms with Crippen molar-refractivity contribution in [2.24, 2.45) is 5.73 Å². The fourth-order valence-corrected chi connectivity index (χ4v) is 4.46. The number of primary amides is 1. The van der Waals surface area contributed by atoms with Gasteiger partial charge in [-0.25, -0.2) is 9.97 Å². The summed E-state index contributed by atoms with van der Waals surface area (Å²) in [6.07, 6.45) is 5.05. The highest BCUT2D eigenvalue weighted by atomic mass is 16.5. The largest absolute Gasteiger partial charge is 0.493 e. The molecule has 1 atom stereocenters. The monoisotopic (exact) mass is 489 g/mol. The van der Waals surface area contributed by atoms with Crippen LogP contribution >= 0.6 is 0 Å². The van der Waals surface area contributed by atoms with Crippen molar-refractivity contribution in [3.8, 4) is 22.9 Å². The van der Waals surface area contributed by atoms with Gasteiger partial charge in [0.15, 0.2) is 11.5 Å². The molecule has 5 rings (SSSR count). The maximum Gasteiger partial charge on any atom is 0.240 e. The quantitative estimate of drug-likeness (QED) is 0.383. The van der Waals surface area contributed by atoms with Crippen LogP contribution in [0.25, 0.3) is 16.6 Å². The van der Waals surface area contributed by atoms with Gasteiger partial charge in [0.05, 0.1) is 38.7 Å². The smallest absolute Gasteiger partial charge is 0.240 e. The first-order chi connectivity index (χ1) is 17.5. The van der Waals surface area contributed by atoms with Crippen LogP contribution in [0.5, 0.6) is 17.2 Å². The average molecular weight is 490 g/mol. The van der Waals surface area contributed by atoms with Crippen molar-refractivity contribution in [1.29, 1.82) is 0 Å². The molecule has 1 saturated heterocycles. The molecule has 2 aromatic carbocycles. The van der Waals surface area contributed by atoms with Crippen LogP contribution in [0.4, 0.5) is 17.6 Å². The van der Waals surface area contributed by atoms with Gasteiger partial charge < -0.3 is 34.7 Å². The van der Waals surface area contributed by atoms with Crippen LogP contribution in [0.15, 0.2) is 48.9 Å². The van der Waals surface area contributed by atoms with Crippen LogP contribution in [-0.4, -0.2) is 59.3 Å². The fourth-order valence-electron chi connectivity index (χ4n) is 4.46. The zero-order chi connectivity index (χ0) is 25.2. The van der Waals surface area contributed by atoms with E-state index in [1.165, 1.54) is 0 Å². The van der Waals surface area contributed by atoms with Gasteiger partial charge in [-0.1, -0.05) is 12.1 Å². The third-order valence-electron chi connectivity index (χ3n) is 6.21. The molecule has 186 valence electrons. The first-order valence-corrected chi connectivity index (χ1v) is 11.5. The second kappa shape index (κ2) is 9.61. The Kier molecular flexibility index (Phi) is 6.19. The number of amides is 1. The summed E-state index contributed by atoms with van der Waals surface area (Å²) < 4.78 is 18.2. The molecular weight excluding hydrogens is 462 g/mol. The summed E-state index contributed by atoms with van der Waals surface area (Å²) in [4.78, 5) is 27.8. The molecule has 4 aromatic rings. The molecule has 11 nitrogen and oxygen atoms in total. The van der Waals surface area contributed by atoms with Crippen molar-refractivity contribution in [3.05, 3.63) is 48.9 Å². The Bertz CT molecular complexity index is 1400. The lowest BCUT2D eigenvalue weighted by Gasteiger charge is -2.23. The molecule has 1 unspecified atom stereocenters. The minimum atomic E-state index is -0.418. The highest BCUT2D eigenvalue weighted by Gasteiger charge is 2.31. The number of imidazole rings is 1. The molecule has 36 heavy (non-hydrogen) atoms. The summed E-state index contributed by atoms with van der Waals surface area (Å²) in [7, 11) is 4.71. The Hall–Kier alpha value is -4.54. The SMILES string of the molecule is COc1cc(-n2cnc(Nc3nc(N4CCCC4C(N)=O)nc4ccccc34)c2)cc(OC)c1OC. The van der Waals surface area contributed by atoms with E-state index in [1.807, 2.05) is 52.1 Å². The number of nitrogens with two attached hydrogens (primary N) is 1. The van der Waals surface area contributed by atoms with Gasteiger partial charge in [-0.05, 0) is 25.0 Å². The van der Waals surface area contributed by atoms with Crippen LogP contribution in [0.1, 0.15) is 12.8 Å². The molecule has 11 heteroatoms. The van der Waals surface area contributed by atoms with Gasteiger partial charge in [-0.3, -0.25) is 4.79 Å². The molecule has 0 saturated carbocycles. The number of nitrogens with zero attached hydrogens (tertiary/aromatic N) is 5. The van der Waals surface area contributed by atoms with Gasteiger partial charge in [0.2, 0.25) is 17.6 Å². The Morgan fingerprint density at radius 3 is 2.53 bits per heavy atom. The van der Waals surface area contributed by atoms with Crippen molar-refractivity contribution >= 4 is 34.4 Å². The number of fused-ring (bicyclic) bond motifs is 1. The van der Waals surface area contributed by atoms with Crippen molar-refractivity contribution in [2.75, 3.05) is 38.1 Å². The number of para-hydroxylation sites is 1. The van der Waals surface area contributed by atoms with E-state index in [0.717, 1.165) is 23.0 Å². The molecule has 3 heterocycles. The van der Waals surface area contributed by atoms with Crippen molar-refractivity contribution in [1.82, 2.24) is 19.5 Å². The predicted molar refractivity (Wildman–Crippen MR) is 136 cm³/mol. The van der Waals surface area contributed by atoms with E-state index in [0.29, 0.717) is 47.8 Å². The molecule has 0 spiro atoms. The Labute approximate surface area is 207 Å². The van der Waals surface area contributed by atoms with Gasteiger partial charge in [-0.15, -0.1) is 0 Å². The maximum atomic E-state index is 12.0. The third kappa shape index (κ3) is 4.19. The van der Waals surface area contributed by atoms with E-state index in [4.69, 9.17) is 29.9 Å². The normalized spacial score (nSPS) is 15.2. The van der Waals surface area contributed by atoms with Gasteiger partial charge in [0.25, 0.3) is 0 Å². The number of rotatable bonds is 8. The average Bonchev–Trinajstić information content (AvgIpc) is 3.58. The Morgan fingerprint density at radius 2 is 1.83 bits per heavy atom. The van der Waals surface area contributed by atoms with Crippen LogP contribution in [0.3, 0.4) is 0 Å². The van der Waals surface area contributed by atoms with E-state index in [2.05, 4.69) is 10.3 Å². The summed E-state index contributed by atoms with van der Waals surface area (Å²) in [6, 6.07) is 10.9. The fraction of sp³-hybridized carbons (Fsp3) is 0.280. The molecule has 1 aliphatic rings. The number of ether oxygens (including phenoxy) is 3. The van der Waals surface area contributed by atoms with E-state index in [1.54, 1.807) is 27.7 Å². The van der Waals surface area contributed by atoms with E-state index in [-0.39, 0.29) is 5.91 Å². The topological polar surface area (TPSA) is 130 Å². The summed E-state index contributed by atoms with van der Waals surface area (Å²) in [5, 5.41) is 4.14. The minimum absolute atomic E-state index is 0.372. The third-order valence-corrected chi connectivity index (χ3v) is 6.21. The Morgan fingerprint density at radius 1 is 1.08 bits per heavy atom. The number of hydrogen-bond acceptors (Lipinski definition) is 9. The van der Waals surface area contributed by atoms with Crippen LogP contribution in [0.2, 0.25) is 0 Å². The van der Waals surface area contributed by atoms with Crippen LogP contribution in [-0.2, 0) is 4.79 Å². The minimum Gasteiger partial charge on any atom is -0.493 e. The number of anilines is 3. The molecule has 0 bridgehead atoms. The molecular formula is C25H27N7O4. The van der Waals surface area contributed by atoms with E-state index in [9.17, 15) is 4.79 Å². The number of methoxy groups -OCH3 is 3. The van der Waals surface area contributed by atoms with Gasteiger partial charge in [-0.2, -0.15) is 4.98 Å². The first kappa shape index (κ1) is 23.2. The Balaban J connectivity index is 1.50. The number of nitrogens with one attached hydrogen (secondary N) is 1. The zero-order valence-electron chi connectivity index (χ0n) is 20.3. The molecule has 1 amide bonds. The number of carbonyl (C=O) groups excluding carboxylic acids is 1. The van der Waals surface area contributed by atoms with Crippen molar-refractivity contribution < 1.29 is 19.0 Å². The number of benzene rings is 2. The summed E-state index contributed by atoms with van der Waals surface area (Å²) in [6.45, 7) is 0.668. The maximum absolute atomic E-state index is 12.0. The van der Waals surface area contributed by atoms with Gasteiger partial charge in [0, 0.05) is 24.1 Å². The molecule has 2 aromatic heterocycles. The standard InChI is InChI=1S/C25H27N7O4/c1-34-19-11-15(12-20(35-2)22(19)36-3)31-13-21(27-14-31)29-24-16-7-4-5-8-17(16)28-25(30-24)32-10-6-9-18(32)23(26)33/h4-5,7-8,11-14,18H,6,9-10H2,1-3H3,(H2,26,33)(H,28,29,30). The number of carbonyl (C=O) groups is 1. The summed E-state index contributed by atoms with van der Waals surface area (Å²) >= 11 is 0. The molecule has 0 radical (unpaired) electrons. The first-order valence-electron chi connectivity index (χ1n) is 11.5. The van der Waals surface area contributed by atoms with Crippen LogP contribution < -0.4 is 30.2 Å². The number of aromatic nitrogens is 4. The molecule has 1 fully saturated rings.